The Labute approximate surface area is 194 Å². The van der Waals surface area contributed by atoms with Crippen molar-refractivity contribution < 1.29 is 13.5 Å². The van der Waals surface area contributed by atoms with Crippen LogP contribution in [-0.2, 0) is 12.4 Å². The molecule has 0 spiro atoms. The molecular formula is C25H19FN4O2S. The van der Waals surface area contributed by atoms with Crippen molar-refractivity contribution in [2.75, 3.05) is 0 Å². The lowest BCUT2D eigenvalue weighted by Gasteiger charge is -2.11. The van der Waals surface area contributed by atoms with E-state index in [0.717, 1.165) is 16.9 Å². The minimum absolute atomic E-state index is 0.0749. The molecule has 0 atom stereocenters. The number of aromatic nitrogens is 4. The summed E-state index contributed by atoms with van der Waals surface area (Å²) >= 11 is 1.49. The number of hydrogen-bond acceptors (Lipinski definition) is 6. The molecule has 0 radical (unpaired) electrons. The van der Waals surface area contributed by atoms with E-state index in [2.05, 4.69) is 15.2 Å². The minimum Gasteiger partial charge on any atom is -0.483 e. The molecule has 3 aromatic carbocycles. The molecule has 5 rings (SSSR count). The predicted molar refractivity (Wildman–Crippen MR) is 124 cm³/mol. The molecule has 0 amide bonds. The van der Waals surface area contributed by atoms with E-state index in [-0.39, 0.29) is 12.4 Å². The molecule has 8 heteroatoms. The first-order valence-electron chi connectivity index (χ1n) is 10.3. The van der Waals surface area contributed by atoms with Crippen molar-refractivity contribution in [1.29, 1.82) is 0 Å². The summed E-state index contributed by atoms with van der Waals surface area (Å²) in [6.45, 7) is 0.0749. The first-order valence-corrected chi connectivity index (χ1v) is 11.3. The summed E-state index contributed by atoms with van der Waals surface area (Å²) in [6.07, 6.45) is 1.65. The number of halogens is 1. The fraction of sp³-hybridized carbons (Fsp3) is 0.0800. The van der Waals surface area contributed by atoms with Gasteiger partial charge in [0.1, 0.15) is 12.9 Å². The number of thioether (sulfide) groups is 1. The van der Waals surface area contributed by atoms with Gasteiger partial charge >= 0.3 is 0 Å². The van der Waals surface area contributed by atoms with Crippen LogP contribution in [-0.4, -0.2) is 19.7 Å². The lowest BCUT2D eigenvalue weighted by atomic mass is 10.2. The van der Waals surface area contributed by atoms with Gasteiger partial charge in [-0.05, 0) is 36.4 Å². The number of rotatable bonds is 8. The van der Waals surface area contributed by atoms with Crippen LogP contribution in [0, 0.1) is 5.82 Å². The highest BCUT2D eigenvalue weighted by atomic mass is 32.2. The number of benzene rings is 3. The van der Waals surface area contributed by atoms with Gasteiger partial charge < -0.3 is 9.15 Å². The maximum atomic E-state index is 14.0. The average Bonchev–Trinajstić information content (AvgIpc) is 3.50. The molecule has 0 aliphatic heterocycles. The molecule has 5 aromatic rings. The van der Waals surface area contributed by atoms with Gasteiger partial charge in [0.2, 0.25) is 5.89 Å². The summed E-state index contributed by atoms with van der Waals surface area (Å²) in [5.41, 5.74) is 2.61. The number of hydrogen-bond donors (Lipinski definition) is 0. The van der Waals surface area contributed by atoms with Crippen LogP contribution in [0.4, 0.5) is 4.39 Å². The Morgan fingerprint density at radius 2 is 1.61 bits per heavy atom. The van der Waals surface area contributed by atoms with Crippen LogP contribution in [0.25, 0.3) is 17.1 Å². The van der Waals surface area contributed by atoms with Crippen LogP contribution in [0.2, 0.25) is 0 Å². The fourth-order valence-electron chi connectivity index (χ4n) is 3.25. The summed E-state index contributed by atoms with van der Waals surface area (Å²) in [7, 11) is 0. The summed E-state index contributed by atoms with van der Waals surface area (Å²) < 4.78 is 27.2. The van der Waals surface area contributed by atoms with Gasteiger partial charge in [0.05, 0.1) is 5.69 Å². The first kappa shape index (κ1) is 21.0. The average molecular weight is 459 g/mol. The first-order chi connectivity index (χ1) is 16.3. The second-order valence-electron chi connectivity index (χ2n) is 7.09. The SMILES string of the molecule is Fc1ccccc1OCc1nnc(SCc2coc(-c3ccccc3)n2)n1-c1ccccc1. The zero-order chi connectivity index (χ0) is 22.5. The molecule has 0 bridgehead atoms. The van der Waals surface area contributed by atoms with E-state index >= 15 is 0 Å². The zero-order valence-electron chi connectivity index (χ0n) is 17.5. The maximum absolute atomic E-state index is 14.0. The number of ether oxygens (including phenoxy) is 1. The van der Waals surface area contributed by atoms with Gasteiger partial charge in [0, 0.05) is 17.0 Å². The fourth-order valence-corrected chi connectivity index (χ4v) is 4.10. The lowest BCUT2D eigenvalue weighted by Crippen LogP contribution is -2.07. The minimum atomic E-state index is -0.418. The second kappa shape index (κ2) is 9.70. The van der Waals surface area contributed by atoms with Gasteiger partial charge in [-0.3, -0.25) is 4.57 Å². The molecule has 2 aromatic heterocycles. The maximum Gasteiger partial charge on any atom is 0.226 e. The van der Waals surface area contributed by atoms with Gasteiger partial charge in [0.25, 0.3) is 0 Å². The standard InChI is InChI=1S/C25H19FN4O2S/c26-21-13-7-8-14-22(21)31-16-23-28-29-25(30(23)20-11-5-2-6-12-20)33-17-19-15-32-24(27-19)18-9-3-1-4-10-18/h1-15H,16-17H2. The molecule has 0 unspecified atom stereocenters. The zero-order valence-corrected chi connectivity index (χ0v) is 18.3. The molecule has 0 saturated heterocycles. The van der Waals surface area contributed by atoms with Crippen molar-refractivity contribution >= 4 is 11.8 Å². The summed E-state index contributed by atoms with van der Waals surface area (Å²) in [4.78, 5) is 4.58. The number of para-hydroxylation sites is 2. The molecule has 0 saturated carbocycles. The highest BCUT2D eigenvalue weighted by Crippen LogP contribution is 2.27. The summed E-state index contributed by atoms with van der Waals surface area (Å²) in [6, 6.07) is 25.8. The Balaban J connectivity index is 1.36. The van der Waals surface area contributed by atoms with Crippen LogP contribution in [0.1, 0.15) is 11.5 Å². The molecule has 33 heavy (non-hydrogen) atoms. The van der Waals surface area contributed by atoms with Crippen molar-refractivity contribution in [3.05, 3.63) is 109 Å². The Morgan fingerprint density at radius 3 is 2.39 bits per heavy atom. The molecule has 0 aliphatic rings. The third kappa shape index (κ3) is 4.80. The number of nitrogens with zero attached hydrogens (tertiary/aromatic N) is 4. The molecule has 164 valence electrons. The van der Waals surface area contributed by atoms with E-state index in [1.807, 2.05) is 65.2 Å². The van der Waals surface area contributed by atoms with Crippen molar-refractivity contribution in [3.8, 4) is 22.9 Å². The van der Waals surface area contributed by atoms with E-state index in [1.165, 1.54) is 17.8 Å². The van der Waals surface area contributed by atoms with Gasteiger partial charge in [-0.15, -0.1) is 10.2 Å². The van der Waals surface area contributed by atoms with Gasteiger partial charge in [-0.1, -0.05) is 60.3 Å². The largest absolute Gasteiger partial charge is 0.483 e. The Kier molecular flexibility index (Phi) is 6.16. The van der Waals surface area contributed by atoms with Crippen molar-refractivity contribution in [3.63, 3.8) is 0 Å². The molecule has 0 N–H and O–H groups in total. The van der Waals surface area contributed by atoms with Crippen molar-refractivity contribution in [1.82, 2.24) is 19.7 Å². The third-order valence-corrected chi connectivity index (χ3v) is 5.79. The Hall–Kier alpha value is -3.91. The normalized spacial score (nSPS) is 10.9. The molecular weight excluding hydrogens is 439 g/mol. The van der Waals surface area contributed by atoms with Crippen LogP contribution in [0.5, 0.6) is 5.75 Å². The molecule has 6 nitrogen and oxygen atoms in total. The van der Waals surface area contributed by atoms with E-state index in [1.54, 1.807) is 24.5 Å². The van der Waals surface area contributed by atoms with Crippen molar-refractivity contribution in [2.24, 2.45) is 0 Å². The highest BCUT2D eigenvalue weighted by Gasteiger charge is 2.17. The Morgan fingerprint density at radius 1 is 0.879 bits per heavy atom. The molecule has 0 fully saturated rings. The lowest BCUT2D eigenvalue weighted by molar-refractivity contribution is 0.278. The van der Waals surface area contributed by atoms with Crippen molar-refractivity contribution in [2.45, 2.75) is 17.5 Å². The Bertz CT molecular complexity index is 1340. The van der Waals surface area contributed by atoms with E-state index in [4.69, 9.17) is 9.15 Å². The number of oxazole rings is 1. The van der Waals surface area contributed by atoms with E-state index < -0.39 is 5.82 Å². The van der Waals surface area contributed by atoms with E-state index in [0.29, 0.717) is 22.6 Å². The molecule has 2 heterocycles. The summed E-state index contributed by atoms with van der Waals surface area (Å²) in [5, 5.41) is 9.33. The smallest absolute Gasteiger partial charge is 0.226 e. The highest BCUT2D eigenvalue weighted by molar-refractivity contribution is 7.98. The summed E-state index contributed by atoms with van der Waals surface area (Å²) in [5.74, 6) is 1.45. The monoisotopic (exact) mass is 458 g/mol. The van der Waals surface area contributed by atoms with Gasteiger partial charge in [-0.2, -0.15) is 0 Å². The van der Waals surface area contributed by atoms with Crippen LogP contribution in [0.3, 0.4) is 0 Å². The predicted octanol–water partition coefficient (Wildman–Crippen LogP) is 5.93. The van der Waals surface area contributed by atoms with E-state index in [9.17, 15) is 4.39 Å². The topological polar surface area (TPSA) is 66.0 Å². The third-order valence-electron chi connectivity index (χ3n) is 4.83. The van der Waals surface area contributed by atoms with Crippen LogP contribution in [0.15, 0.2) is 101 Å². The second-order valence-corrected chi connectivity index (χ2v) is 8.03. The van der Waals surface area contributed by atoms with Gasteiger partial charge in [0.15, 0.2) is 22.5 Å². The molecule has 0 aliphatic carbocycles. The van der Waals surface area contributed by atoms with Crippen LogP contribution >= 0.6 is 11.8 Å². The van der Waals surface area contributed by atoms with Gasteiger partial charge in [-0.25, -0.2) is 9.37 Å². The van der Waals surface area contributed by atoms with Crippen LogP contribution < -0.4 is 4.74 Å². The quantitative estimate of drug-likeness (QED) is 0.268.